The maximum Gasteiger partial charge on any atom is 0.239 e. The second kappa shape index (κ2) is 6.05. The van der Waals surface area contributed by atoms with Gasteiger partial charge in [-0.15, -0.1) is 0 Å². The van der Waals surface area contributed by atoms with Gasteiger partial charge in [0.1, 0.15) is 5.82 Å². The summed E-state index contributed by atoms with van der Waals surface area (Å²) in [6.07, 6.45) is 8.07. The standard InChI is InChI=1S/C20H27FN2O/c1-13(20-9-14-6-15(10-20)8-16(7-14)11-20)23-19(24)12-22-18-5-3-2-4-17(18)21/h2-5,13-16,22H,6-12H2,1H3,(H,23,24). The van der Waals surface area contributed by atoms with E-state index in [0.717, 1.165) is 17.8 Å². The number of para-hydroxylation sites is 1. The SMILES string of the molecule is CC(NC(=O)CNc1ccccc1F)C12CC3CC(CC(C3)C1)C2. The molecule has 0 spiro atoms. The van der Waals surface area contributed by atoms with Crippen LogP contribution in [0, 0.1) is 29.0 Å². The fraction of sp³-hybridized carbons (Fsp3) is 0.650. The van der Waals surface area contributed by atoms with Crippen molar-refractivity contribution in [3.05, 3.63) is 30.1 Å². The van der Waals surface area contributed by atoms with Crippen LogP contribution in [0.15, 0.2) is 24.3 Å². The van der Waals surface area contributed by atoms with Gasteiger partial charge in [0.25, 0.3) is 0 Å². The van der Waals surface area contributed by atoms with E-state index >= 15 is 0 Å². The van der Waals surface area contributed by atoms with E-state index in [-0.39, 0.29) is 24.3 Å². The normalized spacial score (nSPS) is 34.8. The van der Waals surface area contributed by atoms with E-state index in [4.69, 9.17) is 0 Å². The summed E-state index contributed by atoms with van der Waals surface area (Å²) < 4.78 is 13.6. The Labute approximate surface area is 143 Å². The summed E-state index contributed by atoms with van der Waals surface area (Å²) in [7, 11) is 0. The second-order valence-electron chi connectivity index (χ2n) is 8.40. The molecule has 130 valence electrons. The number of carbonyl (C=O) groups is 1. The molecule has 4 aliphatic carbocycles. The lowest BCUT2D eigenvalue weighted by Crippen LogP contribution is -2.56. The topological polar surface area (TPSA) is 41.1 Å². The van der Waals surface area contributed by atoms with Crippen LogP contribution in [0.5, 0.6) is 0 Å². The highest BCUT2D eigenvalue weighted by Gasteiger charge is 2.53. The van der Waals surface area contributed by atoms with Crippen molar-refractivity contribution < 1.29 is 9.18 Å². The van der Waals surface area contributed by atoms with Crippen LogP contribution in [-0.4, -0.2) is 18.5 Å². The van der Waals surface area contributed by atoms with E-state index in [9.17, 15) is 9.18 Å². The Balaban J connectivity index is 1.35. The number of hydrogen-bond acceptors (Lipinski definition) is 2. The van der Waals surface area contributed by atoms with E-state index in [1.807, 2.05) is 0 Å². The van der Waals surface area contributed by atoms with Crippen LogP contribution in [0.1, 0.15) is 45.4 Å². The lowest BCUT2D eigenvalue weighted by molar-refractivity contribution is -0.124. The summed E-state index contributed by atoms with van der Waals surface area (Å²) in [5.74, 6) is 2.28. The average Bonchev–Trinajstić information content (AvgIpc) is 2.53. The first-order valence-electron chi connectivity index (χ1n) is 9.32. The predicted molar refractivity (Wildman–Crippen MR) is 93.1 cm³/mol. The minimum atomic E-state index is -0.320. The number of benzene rings is 1. The van der Waals surface area contributed by atoms with Gasteiger partial charge in [-0.05, 0) is 80.8 Å². The van der Waals surface area contributed by atoms with Crippen molar-refractivity contribution in [1.29, 1.82) is 0 Å². The lowest BCUT2D eigenvalue weighted by atomic mass is 9.48. The maximum atomic E-state index is 13.6. The van der Waals surface area contributed by atoms with Crippen LogP contribution < -0.4 is 10.6 Å². The fourth-order valence-electron chi connectivity index (χ4n) is 5.93. The molecule has 5 rings (SSSR count). The fourth-order valence-corrected chi connectivity index (χ4v) is 5.93. The third kappa shape index (κ3) is 2.91. The molecule has 0 radical (unpaired) electrons. The van der Waals surface area contributed by atoms with E-state index < -0.39 is 0 Å². The maximum absolute atomic E-state index is 13.6. The van der Waals surface area contributed by atoms with Gasteiger partial charge in [-0.25, -0.2) is 4.39 Å². The van der Waals surface area contributed by atoms with Crippen molar-refractivity contribution in [1.82, 2.24) is 5.32 Å². The van der Waals surface area contributed by atoms with Gasteiger partial charge in [-0.2, -0.15) is 0 Å². The first-order chi connectivity index (χ1) is 11.5. The average molecular weight is 330 g/mol. The van der Waals surface area contributed by atoms with Gasteiger partial charge in [0, 0.05) is 6.04 Å². The van der Waals surface area contributed by atoms with Crippen molar-refractivity contribution in [3.8, 4) is 0 Å². The molecule has 1 aromatic carbocycles. The first-order valence-corrected chi connectivity index (χ1v) is 9.32. The summed E-state index contributed by atoms with van der Waals surface area (Å²) >= 11 is 0. The summed E-state index contributed by atoms with van der Waals surface area (Å²) in [5, 5.41) is 6.11. The second-order valence-corrected chi connectivity index (χ2v) is 8.40. The molecule has 0 saturated heterocycles. The zero-order chi connectivity index (χ0) is 16.7. The summed E-state index contributed by atoms with van der Waals surface area (Å²) in [4.78, 5) is 12.3. The van der Waals surface area contributed by atoms with E-state index in [2.05, 4.69) is 17.6 Å². The number of nitrogens with one attached hydrogen (secondary N) is 2. The van der Waals surface area contributed by atoms with Gasteiger partial charge in [-0.1, -0.05) is 12.1 Å². The molecule has 4 aliphatic rings. The monoisotopic (exact) mass is 330 g/mol. The predicted octanol–water partition coefficient (Wildman–Crippen LogP) is 3.96. The molecular weight excluding hydrogens is 303 g/mol. The van der Waals surface area contributed by atoms with Crippen molar-refractivity contribution in [3.63, 3.8) is 0 Å². The molecule has 4 saturated carbocycles. The van der Waals surface area contributed by atoms with Gasteiger partial charge in [0.15, 0.2) is 0 Å². The quantitative estimate of drug-likeness (QED) is 0.858. The molecule has 1 unspecified atom stereocenters. The first kappa shape index (κ1) is 15.9. The molecule has 24 heavy (non-hydrogen) atoms. The Bertz CT molecular complexity index is 595. The van der Waals surface area contributed by atoms with E-state index in [1.165, 1.54) is 44.6 Å². The molecular formula is C20H27FN2O. The minimum Gasteiger partial charge on any atom is -0.374 e. The highest BCUT2D eigenvalue weighted by molar-refractivity contribution is 5.81. The molecule has 1 atom stereocenters. The number of halogens is 1. The summed E-state index contributed by atoms with van der Waals surface area (Å²) in [6, 6.07) is 6.68. The Hall–Kier alpha value is -1.58. The molecule has 0 aromatic heterocycles. The van der Waals surface area contributed by atoms with Crippen molar-refractivity contribution in [2.75, 3.05) is 11.9 Å². The van der Waals surface area contributed by atoms with Gasteiger partial charge in [-0.3, -0.25) is 4.79 Å². The number of carbonyl (C=O) groups excluding carboxylic acids is 1. The third-order valence-corrected chi connectivity index (χ3v) is 6.69. The van der Waals surface area contributed by atoms with Crippen molar-refractivity contribution >= 4 is 11.6 Å². The van der Waals surface area contributed by atoms with Crippen molar-refractivity contribution in [2.24, 2.45) is 23.2 Å². The lowest BCUT2D eigenvalue weighted by Gasteiger charge is -2.59. The van der Waals surface area contributed by atoms with Gasteiger partial charge in [0.2, 0.25) is 5.91 Å². The Morgan fingerprint density at radius 2 is 1.75 bits per heavy atom. The molecule has 1 amide bonds. The summed E-state index contributed by atoms with van der Waals surface area (Å²) in [5.41, 5.74) is 0.692. The Kier molecular flexibility index (Phi) is 4.01. The largest absolute Gasteiger partial charge is 0.374 e. The summed E-state index contributed by atoms with van der Waals surface area (Å²) in [6.45, 7) is 2.30. The Morgan fingerprint density at radius 1 is 1.17 bits per heavy atom. The smallest absolute Gasteiger partial charge is 0.239 e. The van der Waals surface area contributed by atoms with E-state index in [1.54, 1.807) is 18.2 Å². The molecule has 4 bridgehead atoms. The molecule has 2 N–H and O–H groups in total. The molecule has 0 heterocycles. The molecule has 0 aliphatic heterocycles. The molecule has 3 nitrogen and oxygen atoms in total. The number of hydrogen-bond donors (Lipinski definition) is 2. The highest BCUT2D eigenvalue weighted by atomic mass is 19.1. The number of rotatable bonds is 5. The molecule has 4 fully saturated rings. The molecule has 4 heteroatoms. The highest BCUT2D eigenvalue weighted by Crippen LogP contribution is 2.61. The van der Waals surface area contributed by atoms with E-state index in [0.29, 0.717) is 11.1 Å². The van der Waals surface area contributed by atoms with Gasteiger partial charge < -0.3 is 10.6 Å². The third-order valence-electron chi connectivity index (χ3n) is 6.69. The van der Waals surface area contributed by atoms with Crippen LogP contribution in [0.3, 0.4) is 0 Å². The minimum absolute atomic E-state index is 0.0403. The van der Waals surface area contributed by atoms with Crippen LogP contribution in [-0.2, 0) is 4.79 Å². The van der Waals surface area contributed by atoms with Crippen LogP contribution in [0.25, 0.3) is 0 Å². The zero-order valence-electron chi connectivity index (χ0n) is 14.4. The van der Waals surface area contributed by atoms with Crippen LogP contribution in [0.2, 0.25) is 0 Å². The van der Waals surface area contributed by atoms with Crippen molar-refractivity contribution in [2.45, 2.75) is 51.5 Å². The van der Waals surface area contributed by atoms with Crippen LogP contribution in [0.4, 0.5) is 10.1 Å². The molecule has 1 aromatic rings. The van der Waals surface area contributed by atoms with Crippen LogP contribution >= 0.6 is 0 Å². The Morgan fingerprint density at radius 3 is 2.33 bits per heavy atom. The number of amides is 1. The van der Waals surface area contributed by atoms with Gasteiger partial charge >= 0.3 is 0 Å². The van der Waals surface area contributed by atoms with Gasteiger partial charge in [0.05, 0.1) is 12.2 Å². The number of anilines is 1. The zero-order valence-corrected chi connectivity index (χ0v) is 14.4.